The molecule has 0 heterocycles. The summed E-state index contributed by atoms with van der Waals surface area (Å²) < 4.78 is 0. The van der Waals surface area contributed by atoms with E-state index in [4.69, 9.17) is 0 Å². The van der Waals surface area contributed by atoms with Crippen molar-refractivity contribution in [2.24, 2.45) is 0 Å². The second kappa shape index (κ2) is 38.9. The van der Waals surface area contributed by atoms with Gasteiger partial charge < -0.3 is 0 Å². The standard InChI is InChI=1S/C32H34.C31H40.C29H32O2.C25H28/c1-23-7-13-26(14-8-23)31(4,5)27-19-21-30(22-20-27)32(6,28-15-9-24(2)10-16-28)29-17-11-25(3)12-18-29;1-18-11-28(12-19(2)25(18)8)24(7)17-31(29-13-20(3)26(9)21(4)14-29)30-15-22(5)27(10)23(6)16-30;1-16-18(3)25(22(7)30)14-27(20(16)5)29(24-12-10-9-11-13-24)28-15-26(23(8)31)19(4)17(2)21(28)6;1-18-5-11-22(12-6-18)21(4)17-25(23-13-7-19(2)8-14-23)24-15-9-20(3)10-16-24/h7-22H,1-6H3;11-16,24,31H,17H2,1-10H3;9-15,29H,1-8H3;5-16,21,25H,17H2,1-4H3. The summed E-state index contributed by atoms with van der Waals surface area (Å²) in [5.74, 6) is 1.94. The molecule has 13 aromatic rings. The molecule has 0 radical (unpaired) electrons. The number of aryl methyl sites for hydroxylation is 12. The van der Waals surface area contributed by atoms with Crippen LogP contribution in [0.4, 0.5) is 0 Å². The molecular weight excluding hydrogens is 1440 g/mol. The Bertz CT molecular complexity index is 5390. The van der Waals surface area contributed by atoms with E-state index in [0.29, 0.717) is 23.7 Å². The van der Waals surface area contributed by atoms with E-state index in [-0.39, 0.29) is 28.3 Å². The van der Waals surface area contributed by atoms with E-state index in [9.17, 15) is 9.59 Å². The second-order valence-electron chi connectivity index (χ2n) is 36.1. The van der Waals surface area contributed by atoms with Crippen LogP contribution in [0.15, 0.2) is 249 Å². The molecule has 0 fully saturated rings. The van der Waals surface area contributed by atoms with Crippen LogP contribution in [0.25, 0.3) is 0 Å². The fourth-order valence-electron chi connectivity index (χ4n) is 17.6. The Kier molecular flexibility index (Phi) is 29.6. The van der Waals surface area contributed by atoms with E-state index < -0.39 is 0 Å². The van der Waals surface area contributed by atoms with Crippen molar-refractivity contribution in [3.63, 3.8) is 0 Å². The summed E-state index contributed by atoms with van der Waals surface area (Å²) in [7, 11) is 0. The first-order valence-corrected chi connectivity index (χ1v) is 43.3. The van der Waals surface area contributed by atoms with Crippen LogP contribution < -0.4 is 0 Å². The van der Waals surface area contributed by atoms with E-state index in [1.807, 2.05) is 32.0 Å². The molecule has 0 saturated carbocycles. The third-order valence-corrected chi connectivity index (χ3v) is 27.3. The molecule has 0 spiro atoms. The molecule has 13 rings (SSSR count). The Labute approximate surface area is 718 Å². The lowest BCUT2D eigenvalue weighted by Gasteiger charge is -2.33. The summed E-state index contributed by atoms with van der Waals surface area (Å²) in [6.07, 6.45) is 2.24. The Morgan fingerprint density at radius 2 is 0.504 bits per heavy atom. The maximum atomic E-state index is 12.4. The summed E-state index contributed by atoms with van der Waals surface area (Å²) in [6, 6.07) is 92.3. The zero-order valence-electron chi connectivity index (χ0n) is 77.3. The van der Waals surface area contributed by atoms with E-state index in [2.05, 4.69) is 397 Å². The highest BCUT2D eigenvalue weighted by atomic mass is 16.1. The highest BCUT2D eigenvalue weighted by Crippen LogP contribution is 2.45. The Morgan fingerprint density at radius 1 is 0.252 bits per heavy atom. The molecule has 614 valence electrons. The number of rotatable bonds is 20. The molecule has 2 atom stereocenters. The van der Waals surface area contributed by atoms with Gasteiger partial charge in [0.25, 0.3) is 0 Å². The SMILES string of the molecule is CC(=O)c1cc(C(c2ccccc2)c2cc(C(C)=O)c(C)c(C)c2C)c(C)c(C)c1C.Cc1cc(C(C)CC(c2cc(C)c(C)c(C)c2)c2cc(C)c(C)c(C)c2)cc(C)c1C.Cc1ccc(C(C)(C)c2ccc(C(C)(c3ccc(C)cc3)c3ccc(C)cc3)cc2)cc1.Cc1ccc(C(C)CC(c2ccc(C)cc2)c2ccc(C)cc2)cc1. The van der Waals surface area contributed by atoms with Crippen LogP contribution in [-0.4, -0.2) is 11.6 Å². The lowest BCUT2D eigenvalue weighted by molar-refractivity contribution is 0.100. The van der Waals surface area contributed by atoms with Gasteiger partial charge in [-0.3, -0.25) is 9.59 Å². The molecular formula is C117H134O2. The van der Waals surface area contributed by atoms with Crippen molar-refractivity contribution in [2.75, 3.05) is 0 Å². The molecule has 0 aromatic heterocycles. The molecule has 0 saturated heterocycles. The molecule has 2 nitrogen and oxygen atoms in total. The van der Waals surface area contributed by atoms with Crippen molar-refractivity contribution >= 4 is 11.6 Å². The van der Waals surface area contributed by atoms with Crippen molar-refractivity contribution in [2.45, 2.75) is 247 Å². The molecule has 0 N–H and O–H groups in total. The fourth-order valence-corrected chi connectivity index (χ4v) is 17.6. The van der Waals surface area contributed by atoms with Gasteiger partial charge in [0.1, 0.15) is 0 Å². The van der Waals surface area contributed by atoms with Crippen LogP contribution in [-0.2, 0) is 10.8 Å². The highest BCUT2D eigenvalue weighted by molar-refractivity contribution is 5.97. The van der Waals surface area contributed by atoms with E-state index in [1.54, 1.807) is 13.8 Å². The van der Waals surface area contributed by atoms with Gasteiger partial charge in [0.05, 0.1) is 0 Å². The maximum absolute atomic E-state index is 12.4. The maximum Gasteiger partial charge on any atom is 0.160 e. The first-order valence-electron chi connectivity index (χ1n) is 43.3. The molecule has 0 aliphatic heterocycles. The number of carbonyl (C=O) groups excluding carboxylic acids is 2. The van der Waals surface area contributed by atoms with Crippen molar-refractivity contribution in [3.8, 4) is 0 Å². The van der Waals surface area contributed by atoms with Gasteiger partial charge in [0.15, 0.2) is 11.6 Å². The van der Waals surface area contributed by atoms with Crippen LogP contribution >= 0.6 is 0 Å². The Morgan fingerprint density at radius 3 is 0.815 bits per heavy atom. The quantitative estimate of drug-likeness (QED) is 0.0563. The third-order valence-electron chi connectivity index (χ3n) is 27.3. The van der Waals surface area contributed by atoms with Crippen molar-refractivity contribution in [1.82, 2.24) is 0 Å². The molecule has 13 aromatic carbocycles. The van der Waals surface area contributed by atoms with Crippen molar-refractivity contribution in [1.29, 1.82) is 0 Å². The summed E-state index contributed by atoms with van der Waals surface area (Å²) in [4.78, 5) is 24.9. The van der Waals surface area contributed by atoms with Crippen LogP contribution in [0.1, 0.15) is 306 Å². The summed E-state index contributed by atoms with van der Waals surface area (Å²) in [6.45, 7) is 60.6. The normalized spacial score (nSPS) is 12.0. The van der Waals surface area contributed by atoms with Crippen LogP contribution in [0.3, 0.4) is 0 Å². The smallest absolute Gasteiger partial charge is 0.160 e. The monoisotopic (exact) mass is 1570 g/mol. The molecule has 0 aliphatic carbocycles. The molecule has 0 aliphatic rings. The predicted molar refractivity (Wildman–Crippen MR) is 512 cm³/mol. The largest absolute Gasteiger partial charge is 0.295 e. The van der Waals surface area contributed by atoms with Gasteiger partial charge in [-0.2, -0.15) is 0 Å². The minimum atomic E-state index is -0.214. The van der Waals surface area contributed by atoms with Gasteiger partial charge in [0, 0.05) is 39.7 Å². The first-order chi connectivity index (χ1) is 56.3. The predicted octanol–water partition coefficient (Wildman–Crippen LogP) is 31.1. The first kappa shape index (κ1) is 90.5. The summed E-state index contributed by atoms with van der Waals surface area (Å²) >= 11 is 0. The van der Waals surface area contributed by atoms with Crippen molar-refractivity contribution in [3.05, 3.63) is 455 Å². The number of ketones is 2. The van der Waals surface area contributed by atoms with Gasteiger partial charge in [-0.25, -0.2) is 0 Å². The lowest BCUT2D eigenvalue weighted by atomic mass is 9.70. The zero-order chi connectivity index (χ0) is 86.8. The minimum absolute atomic E-state index is 0.0453. The van der Waals surface area contributed by atoms with Gasteiger partial charge >= 0.3 is 0 Å². The average molecular weight is 1570 g/mol. The zero-order valence-corrected chi connectivity index (χ0v) is 77.3. The number of benzene rings is 13. The minimum Gasteiger partial charge on any atom is -0.295 e. The number of Topliss-reactive ketones (excluding diaryl/α,β-unsaturated/α-hetero) is 2. The number of hydrogen-bond donors (Lipinski definition) is 0. The van der Waals surface area contributed by atoms with E-state index in [0.717, 1.165) is 62.9 Å². The second-order valence-corrected chi connectivity index (χ2v) is 36.1. The average Bonchev–Trinajstić information content (AvgIpc) is 0.766. The molecule has 2 heteroatoms. The number of carbonyl (C=O) groups is 2. The fraction of sp³-hybridized carbons (Fsp3) is 0.316. The molecule has 119 heavy (non-hydrogen) atoms. The molecule has 2 unspecified atom stereocenters. The van der Waals surface area contributed by atoms with Crippen LogP contribution in [0.5, 0.6) is 0 Å². The summed E-state index contributed by atoms with van der Waals surface area (Å²) in [5, 5.41) is 0. The van der Waals surface area contributed by atoms with Gasteiger partial charge in [-0.1, -0.05) is 298 Å². The van der Waals surface area contributed by atoms with Gasteiger partial charge in [-0.15, -0.1) is 0 Å². The Balaban J connectivity index is 0.000000168. The highest BCUT2D eigenvalue weighted by Gasteiger charge is 2.34. The topological polar surface area (TPSA) is 34.1 Å². The molecule has 0 amide bonds. The lowest BCUT2D eigenvalue weighted by Crippen LogP contribution is -2.26. The van der Waals surface area contributed by atoms with E-state index >= 15 is 0 Å². The number of hydrogen-bond acceptors (Lipinski definition) is 2. The van der Waals surface area contributed by atoms with Gasteiger partial charge in [-0.05, 0) is 364 Å². The Hall–Kier alpha value is -10.8. The third kappa shape index (κ3) is 21.1. The molecule has 0 bridgehead atoms. The summed E-state index contributed by atoms with van der Waals surface area (Å²) in [5.41, 5.74) is 47.2. The van der Waals surface area contributed by atoms with Gasteiger partial charge in [0.2, 0.25) is 0 Å². The van der Waals surface area contributed by atoms with E-state index in [1.165, 1.54) is 156 Å². The van der Waals surface area contributed by atoms with Crippen LogP contribution in [0, 0.1) is 145 Å². The van der Waals surface area contributed by atoms with Crippen molar-refractivity contribution < 1.29 is 9.59 Å². The van der Waals surface area contributed by atoms with Crippen LogP contribution in [0.2, 0.25) is 0 Å².